The maximum Gasteiger partial charge on any atom is 0.129 e. The molecule has 0 radical (unpaired) electrons. The van der Waals surface area contributed by atoms with Crippen molar-refractivity contribution in [2.24, 2.45) is 0 Å². The quantitative estimate of drug-likeness (QED) is 0.798. The summed E-state index contributed by atoms with van der Waals surface area (Å²) in [5.74, 6) is 0.893. The van der Waals surface area contributed by atoms with Crippen LogP contribution in [-0.2, 0) is 15.1 Å². The first-order valence-corrected chi connectivity index (χ1v) is 8.05. The zero-order valence-corrected chi connectivity index (χ0v) is 13.2. The molecule has 1 aliphatic heterocycles. The molecule has 1 aliphatic rings. The van der Waals surface area contributed by atoms with E-state index in [4.69, 9.17) is 14.2 Å². The van der Waals surface area contributed by atoms with Crippen LogP contribution in [-0.4, -0.2) is 39.5 Å². The fraction of sp³-hybridized carbons (Fsp3) is 0.368. The van der Waals surface area contributed by atoms with Crippen molar-refractivity contribution in [3.8, 4) is 5.75 Å². The zero-order chi connectivity index (χ0) is 15.8. The smallest absolute Gasteiger partial charge is 0.129 e. The summed E-state index contributed by atoms with van der Waals surface area (Å²) in [5, 5.41) is 3.43. The van der Waals surface area contributed by atoms with Crippen LogP contribution in [0.1, 0.15) is 5.56 Å². The van der Waals surface area contributed by atoms with E-state index in [1.165, 1.54) is 0 Å². The molecular weight excluding hydrogens is 290 g/mol. The average molecular weight is 313 g/mol. The average Bonchev–Trinajstić information content (AvgIpc) is 2.64. The lowest BCUT2D eigenvalue weighted by Gasteiger charge is -2.37. The van der Waals surface area contributed by atoms with E-state index in [-0.39, 0.29) is 0 Å². The van der Waals surface area contributed by atoms with Gasteiger partial charge in [0.25, 0.3) is 0 Å². The molecule has 1 heterocycles. The van der Waals surface area contributed by atoms with Crippen molar-refractivity contribution in [2.45, 2.75) is 5.60 Å². The lowest BCUT2D eigenvalue weighted by molar-refractivity contribution is -0.160. The van der Waals surface area contributed by atoms with Crippen LogP contribution >= 0.6 is 0 Å². The van der Waals surface area contributed by atoms with Crippen molar-refractivity contribution >= 4 is 0 Å². The minimum absolute atomic E-state index is 0.410. The molecule has 1 saturated heterocycles. The van der Waals surface area contributed by atoms with Gasteiger partial charge in [-0.05, 0) is 17.7 Å². The van der Waals surface area contributed by atoms with Gasteiger partial charge in [-0.1, -0.05) is 48.5 Å². The molecular formula is C19H23NO3. The molecule has 23 heavy (non-hydrogen) atoms. The Labute approximate surface area is 137 Å². The van der Waals surface area contributed by atoms with Gasteiger partial charge in [0.2, 0.25) is 0 Å². The first-order chi connectivity index (χ1) is 11.4. The Bertz CT molecular complexity index is 568. The molecule has 1 atom stereocenters. The van der Waals surface area contributed by atoms with Crippen molar-refractivity contribution in [3.05, 3.63) is 66.2 Å². The summed E-state index contributed by atoms with van der Waals surface area (Å²) in [5.41, 5.74) is 0.739. The van der Waals surface area contributed by atoms with E-state index in [1.54, 1.807) is 0 Å². The number of benzene rings is 2. The number of ether oxygens (including phenoxy) is 3. The van der Waals surface area contributed by atoms with Gasteiger partial charge < -0.3 is 19.5 Å². The number of hydrogen-bond donors (Lipinski definition) is 1. The highest BCUT2D eigenvalue weighted by atomic mass is 16.6. The van der Waals surface area contributed by atoms with Crippen LogP contribution in [0.3, 0.4) is 0 Å². The first kappa shape index (κ1) is 16.0. The molecule has 2 aromatic carbocycles. The minimum atomic E-state index is -0.410. The fourth-order valence-corrected chi connectivity index (χ4v) is 2.74. The Morgan fingerprint density at radius 3 is 2.39 bits per heavy atom. The topological polar surface area (TPSA) is 39.7 Å². The SMILES string of the molecule is c1ccc(OCCNCC2(c3ccccc3)COCCO2)cc1. The van der Waals surface area contributed by atoms with E-state index in [0.717, 1.165) is 17.9 Å². The Kier molecular flexibility index (Phi) is 5.64. The molecule has 1 fully saturated rings. The van der Waals surface area contributed by atoms with Gasteiger partial charge in [-0.2, -0.15) is 0 Å². The third kappa shape index (κ3) is 4.32. The summed E-state index contributed by atoms with van der Waals surface area (Å²) in [4.78, 5) is 0. The summed E-state index contributed by atoms with van der Waals surface area (Å²) < 4.78 is 17.5. The second-order valence-corrected chi connectivity index (χ2v) is 5.60. The standard InChI is InChI=1S/C19H23NO3/c1-3-7-17(8-4-1)19(16-21-13-14-23-19)15-20-11-12-22-18-9-5-2-6-10-18/h1-10,20H,11-16H2. The highest BCUT2D eigenvalue weighted by Gasteiger charge is 2.35. The van der Waals surface area contributed by atoms with Gasteiger partial charge in [0.05, 0.1) is 19.8 Å². The van der Waals surface area contributed by atoms with Gasteiger partial charge in [-0.3, -0.25) is 0 Å². The highest BCUT2D eigenvalue weighted by Crippen LogP contribution is 2.28. The van der Waals surface area contributed by atoms with Crippen LogP contribution in [0.2, 0.25) is 0 Å². The lowest BCUT2D eigenvalue weighted by atomic mass is 9.93. The number of nitrogens with one attached hydrogen (secondary N) is 1. The normalized spacial score (nSPS) is 21.0. The van der Waals surface area contributed by atoms with Gasteiger partial charge in [-0.25, -0.2) is 0 Å². The van der Waals surface area contributed by atoms with E-state index in [1.807, 2.05) is 48.5 Å². The summed E-state index contributed by atoms with van der Waals surface area (Å²) in [6, 6.07) is 20.1. The summed E-state index contributed by atoms with van der Waals surface area (Å²) in [6.07, 6.45) is 0. The van der Waals surface area contributed by atoms with Crippen LogP contribution in [0.4, 0.5) is 0 Å². The van der Waals surface area contributed by atoms with Crippen LogP contribution in [0.25, 0.3) is 0 Å². The maximum atomic E-state index is 6.09. The molecule has 1 N–H and O–H groups in total. The van der Waals surface area contributed by atoms with E-state index in [9.17, 15) is 0 Å². The third-order valence-corrected chi connectivity index (χ3v) is 3.94. The molecule has 2 aromatic rings. The van der Waals surface area contributed by atoms with Gasteiger partial charge in [0.15, 0.2) is 0 Å². The van der Waals surface area contributed by atoms with Crippen LogP contribution in [0.15, 0.2) is 60.7 Å². The van der Waals surface area contributed by atoms with Crippen molar-refractivity contribution in [2.75, 3.05) is 39.5 Å². The maximum absolute atomic E-state index is 6.09. The van der Waals surface area contributed by atoms with Crippen LogP contribution in [0, 0.1) is 0 Å². The Morgan fingerprint density at radius 2 is 1.70 bits per heavy atom. The Balaban J connectivity index is 1.51. The highest BCUT2D eigenvalue weighted by molar-refractivity contribution is 5.24. The van der Waals surface area contributed by atoms with E-state index in [0.29, 0.717) is 33.0 Å². The molecule has 0 bridgehead atoms. The second kappa shape index (κ2) is 8.11. The zero-order valence-electron chi connectivity index (χ0n) is 13.2. The van der Waals surface area contributed by atoms with E-state index >= 15 is 0 Å². The fourth-order valence-electron chi connectivity index (χ4n) is 2.74. The van der Waals surface area contributed by atoms with Crippen molar-refractivity contribution in [1.82, 2.24) is 5.32 Å². The molecule has 0 saturated carbocycles. The molecule has 0 aromatic heterocycles. The first-order valence-electron chi connectivity index (χ1n) is 8.05. The third-order valence-electron chi connectivity index (χ3n) is 3.94. The molecule has 0 spiro atoms. The van der Waals surface area contributed by atoms with E-state index < -0.39 is 5.60 Å². The predicted octanol–water partition coefficient (Wildman–Crippen LogP) is 2.60. The van der Waals surface area contributed by atoms with Crippen molar-refractivity contribution in [1.29, 1.82) is 0 Å². The van der Waals surface area contributed by atoms with E-state index in [2.05, 4.69) is 17.4 Å². The number of para-hydroxylation sites is 1. The number of hydrogen-bond acceptors (Lipinski definition) is 4. The molecule has 122 valence electrons. The molecule has 3 rings (SSSR count). The second-order valence-electron chi connectivity index (χ2n) is 5.60. The number of rotatable bonds is 7. The van der Waals surface area contributed by atoms with Crippen LogP contribution < -0.4 is 10.1 Å². The molecule has 0 amide bonds. The van der Waals surface area contributed by atoms with Crippen molar-refractivity contribution < 1.29 is 14.2 Å². The van der Waals surface area contributed by atoms with Gasteiger partial charge >= 0.3 is 0 Å². The summed E-state index contributed by atoms with van der Waals surface area (Å²) in [6.45, 7) is 3.93. The minimum Gasteiger partial charge on any atom is -0.492 e. The molecule has 4 nitrogen and oxygen atoms in total. The lowest BCUT2D eigenvalue weighted by Crippen LogP contribution is -2.48. The van der Waals surface area contributed by atoms with Crippen molar-refractivity contribution in [3.63, 3.8) is 0 Å². The molecule has 4 heteroatoms. The summed E-state index contributed by atoms with van der Waals surface area (Å²) >= 11 is 0. The molecule has 1 unspecified atom stereocenters. The van der Waals surface area contributed by atoms with Gasteiger partial charge in [0, 0.05) is 13.1 Å². The largest absolute Gasteiger partial charge is 0.492 e. The van der Waals surface area contributed by atoms with Gasteiger partial charge in [-0.15, -0.1) is 0 Å². The van der Waals surface area contributed by atoms with Crippen LogP contribution in [0.5, 0.6) is 5.75 Å². The monoisotopic (exact) mass is 313 g/mol. The summed E-state index contributed by atoms with van der Waals surface area (Å²) in [7, 11) is 0. The molecule has 0 aliphatic carbocycles. The van der Waals surface area contributed by atoms with Gasteiger partial charge in [0.1, 0.15) is 18.0 Å². The predicted molar refractivity (Wildman–Crippen MR) is 89.7 cm³/mol. The Morgan fingerprint density at radius 1 is 0.957 bits per heavy atom. The Hall–Kier alpha value is -1.88.